The molecule has 70 valence electrons. The lowest BCUT2D eigenvalue weighted by molar-refractivity contribution is 0.0444. The molecule has 2 saturated carbocycles. The maximum absolute atomic E-state index is 5.46. The molecule has 2 aliphatic carbocycles. The summed E-state index contributed by atoms with van der Waals surface area (Å²) in [6, 6.07) is 0. The van der Waals surface area contributed by atoms with Gasteiger partial charge in [-0.2, -0.15) is 0 Å². The van der Waals surface area contributed by atoms with Crippen molar-refractivity contribution in [2.45, 2.75) is 37.9 Å². The van der Waals surface area contributed by atoms with Crippen LogP contribution in [0.2, 0.25) is 0 Å². The van der Waals surface area contributed by atoms with Gasteiger partial charge < -0.3 is 9.47 Å². The maximum atomic E-state index is 5.46. The Balaban J connectivity index is 2.01. The molecule has 2 fully saturated rings. The van der Waals surface area contributed by atoms with Crippen LogP contribution in [0.3, 0.4) is 0 Å². The summed E-state index contributed by atoms with van der Waals surface area (Å²) in [5, 5.41) is 0. The van der Waals surface area contributed by atoms with Crippen molar-refractivity contribution in [3.63, 3.8) is 0 Å². The highest BCUT2D eigenvalue weighted by Gasteiger charge is 2.44. The number of hydrogen-bond acceptors (Lipinski definition) is 2. The quantitative estimate of drug-likeness (QED) is 0.629. The molecule has 0 aromatic rings. The van der Waals surface area contributed by atoms with Crippen LogP contribution in [0, 0.1) is 11.8 Å². The van der Waals surface area contributed by atoms with Crippen molar-refractivity contribution in [2.24, 2.45) is 11.8 Å². The summed E-state index contributed by atoms with van der Waals surface area (Å²) in [5.41, 5.74) is 0. The number of hydrogen-bond donors (Lipinski definition) is 0. The van der Waals surface area contributed by atoms with Crippen LogP contribution < -0.4 is 0 Å². The van der Waals surface area contributed by atoms with E-state index in [1.54, 1.807) is 0 Å². The fourth-order valence-electron chi connectivity index (χ4n) is 3.08. The van der Waals surface area contributed by atoms with Crippen LogP contribution in [0.4, 0.5) is 0 Å². The lowest BCUT2D eigenvalue weighted by Crippen LogP contribution is -2.21. The fourth-order valence-corrected chi connectivity index (χ4v) is 3.08. The Kier molecular flexibility index (Phi) is 2.37. The van der Waals surface area contributed by atoms with Crippen molar-refractivity contribution in [3.8, 4) is 0 Å². The second-order valence-electron chi connectivity index (χ2n) is 4.03. The molecule has 0 radical (unpaired) electrons. The summed E-state index contributed by atoms with van der Waals surface area (Å²) >= 11 is 0. The van der Waals surface area contributed by atoms with E-state index in [2.05, 4.69) is 0 Å². The van der Waals surface area contributed by atoms with Crippen molar-refractivity contribution in [2.75, 3.05) is 14.2 Å². The molecule has 4 atom stereocenters. The van der Waals surface area contributed by atoms with E-state index in [0.29, 0.717) is 12.2 Å². The van der Waals surface area contributed by atoms with Crippen molar-refractivity contribution in [1.82, 2.24) is 0 Å². The Labute approximate surface area is 74.2 Å². The molecular formula is C10H18O2. The topological polar surface area (TPSA) is 18.5 Å². The average Bonchev–Trinajstić information content (AvgIpc) is 2.62. The van der Waals surface area contributed by atoms with Gasteiger partial charge in [0.15, 0.2) is 0 Å². The molecule has 0 unspecified atom stereocenters. The van der Waals surface area contributed by atoms with Crippen LogP contribution >= 0.6 is 0 Å². The van der Waals surface area contributed by atoms with Gasteiger partial charge in [0.1, 0.15) is 0 Å². The van der Waals surface area contributed by atoms with Crippen LogP contribution in [0.1, 0.15) is 25.7 Å². The van der Waals surface area contributed by atoms with Gasteiger partial charge in [-0.25, -0.2) is 0 Å². The van der Waals surface area contributed by atoms with Gasteiger partial charge in [-0.15, -0.1) is 0 Å². The van der Waals surface area contributed by atoms with E-state index in [1.165, 1.54) is 25.7 Å². The molecule has 0 bridgehead atoms. The lowest BCUT2D eigenvalue weighted by atomic mass is 9.98. The minimum absolute atomic E-state index is 0.523. The van der Waals surface area contributed by atoms with Gasteiger partial charge in [-0.05, 0) is 37.5 Å². The number of methoxy groups -OCH3 is 2. The van der Waals surface area contributed by atoms with E-state index >= 15 is 0 Å². The van der Waals surface area contributed by atoms with Crippen LogP contribution in [0.5, 0.6) is 0 Å². The second kappa shape index (κ2) is 3.35. The Morgan fingerprint density at radius 3 is 1.50 bits per heavy atom. The Morgan fingerprint density at radius 2 is 1.17 bits per heavy atom. The summed E-state index contributed by atoms with van der Waals surface area (Å²) in [4.78, 5) is 0. The summed E-state index contributed by atoms with van der Waals surface area (Å²) in [5.74, 6) is 1.58. The monoisotopic (exact) mass is 170 g/mol. The highest BCUT2D eigenvalue weighted by molar-refractivity contribution is 4.95. The lowest BCUT2D eigenvalue weighted by Gasteiger charge is -2.18. The minimum atomic E-state index is 0.523. The molecule has 0 aromatic heterocycles. The third kappa shape index (κ3) is 1.17. The molecule has 12 heavy (non-hydrogen) atoms. The van der Waals surface area contributed by atoms with Gasteiger partial charge in [-0.3, -0.25) is 0 Å². The highest BCUT2D eigenvalue weighted by Crippen LogP contribution is 2.46. The van der Waals surface area contributed by atoms with E-state index < -0.39 is 0 Å². The third-order valence-corrected chi connectivity index (χ3v) is 3.68. The van der Waals surface area contributed by atoms with Crippen molar-refractivity contribution in [1.29, 1.82) is 0 Å². The predicted molar refractivity (Wildman–Crippen MR) is 47.0 cm³/mol. The minimum Gasteiger partial charge on any atom is -0.381 e. The van der Waals surface area contributed by atoms with Gasteiger partial charge in [0.25, 0.3) is 0 Å². The Hall–Kier alpha value is -0.0800. The second-order valence-corrected chi connectivity index (χ2v) is 4.03. The largest absolute Gasteiger partial charge is 0.381 e. The predicted octanol–water partition coefficient (Wildman–Crippen LogP) is 1.84. The van der Waals surface area contributed by atoms with Gasteiger partial charge in [0.05, 0.1) is 12.2 Å². The summed E-state index contributed by atoms with van der Waals surface area (Å²) < 4.78 is 10.9. The molecule has 2 heteroatoms. The first kappa shape index (κ1) is 8.52. The summed E-state index contributed by atoms with van der Waals surface area (Å²) in [6.07, 6.45) is 6.14. The number of rotatable bonds is 2. The maximum Gasteiger partial charge on any atom is 0.0603 e. The Bertz CT molecular complexity index is 140. The van der Waals surface area contributed by atoms with E-state index in [-0.39, 0.29) is 0 Å². The zero-order valence-electron chi connectivity index (χ0n) is 7.95. The van der Waals surface area contributed by atoms with E-state index in [1.807, 2.05) is 14.2 Å². The molecule has 0 aromatic carbocycles. The number of fused-ring (bicyclic) bond motifs is 1. The van der Waals surface area contributed by atoms with Crippen molar-refractivity contribution >= 4 is 0 Å². The number of ether oxygens (including phenoxy) is 2. The van der Waals surface area contributed by atoms with E-state index in [0.717, 1.165) is 11.8 Å². The molecule has 0 N–H and O–H groups in total. The molecule has 0 aliphatic heterocycles. The van der Waals surface area contributed by atoms with Crippen LogP contribution in [0.25, 0.3) is 0 Å². The molecule has 2 aliphatic rings. The normalized spacial score (nSPS) is 46.5. The highest BCUT2D eigenvalue weighted by atomic mass is 16.5. The molecular weight excluding hydrogens is 152 g/mol. The molecule has 0 heterocycles. The molecule has 0 spiro atoms. The van der Waals surface area contributed by atoms with Gasteiger partial charge in [-0.1, -0.05) is 0 Å². The van der Waals surface area contributed by atoms with E-state index in [9.17, 15) is 0 Å². The Morgan fingerprint density at radius 1 is 0.750 bits per heavy atom. The molecule has 0 amide bonds. The van der Waals surface area contributed by atoms with Crippen molar-refractivity contribution in [3.05, 3.63) is 0 Å². The van der Waals surface area contributed by atoms with Crippen LogP contribution in [0.15, 0.2) is 0 Å². The first-order valence-electron chi connectivity index (χ1n) is 4.92. The molecule has 2 nitrogen and oxygen atoms in total. The average molecular weight is 170 g/mol. The first-order valence-corrected chi connectivity index (χ1v) is 4.92. The van der Waals surface area contributed by atoms with E-state index in [4.69, 9.17) is 9.47 Å². The molecule has 2 rings (SSSR count). The first-order chi connectivity index (χ1) is 5.86. The zero-order valence-corrected chi connectivity index (χ0v) is 7.95. The van der Waals surface area contributed by atoms with Gasteiger partial charge in [0.2, 0.25) is 0 Å². The SMILES string of the molecule is CO[C@@H]1CC[C@H]2[C@@H]1CC[C@H]2OC. The van der Waals surface area contributed by atoms with Crippen LogP contribution in [-0.2, 0) is 9.47 Å². The van der Waals surface area contributed by atoms with Crippen LogP contribution in [-0.4, -0.2) is 26.4 Å². The van der Waals surface area contributed by atoms with Crippen molar-refractivity contribution < 1.29 is 9.47 Å². The standard InChI is InChI=1S/C10H18O2/c1-11-9-5-3-8-7(9)4-6-10(8)12-2/h7-10H,3-6H2,1-2H3/t7-,8-,9+,10+/m0/s1. The smallest absolute Gasteiger partial charge is 0.0603 e. The van der Waals surface area contributed by atoms with Gasteiger partial charge >= 0.3 is 0 Å². The summed E-state index contributed by atoms with van der Waals surface area (Å²) in [6.45, 7) is 0. The zero-order chi connectivity index (χ0) is 8.55. The fraction of sp³-hybridized carbons (Fsp3) is 1.00. The van der Waals surface area contributed by atoms with Gasteiger partial charge in [0, 0.05) is 14.2 Å². The molecule has 0 saturated heterocycles. The third-order valence-electron chi connectivity index (χ3n) is 3.68. The summed E-state index contributed by atoms with van der Waals surface area (Å²) in [7, 11) is 3.68.